The van der Waals surface area contributed by atoms with Gasteiger partial charge >= 0.3 is 7.60 Å². The highest BCUT2D eigenvalue weighted by Gasteiger charge is 2.49. The Hall–Kier alpha value is -1.42. The normalized spacial score (nSPS) is 27.5. The van der Waals surface area contributed by atoms with Crippen LogP contribution in [0.4, 0.5) is 5.82 Å². The molecular formula is C17H25ClN5O9PS. The van der Waals surface area contributed by atoms with Crippen LogP contribution in [-0.4, -0.2) is 95.0 Å². The number of anilines is 1. The van der Waals surface area contributed by atoms with E-state index in [1.54, 1.807) is 0 Å². The summed E-state index contributed by atoms with van der Waals surface area (Å²) >= 11 is 6.09. The van der Waals surface area contributed by atoms with E-state index >= 15 is 0 Å². The van der Waals surface area contributed by atoms with E-state index in [0.29, 0.717) is 11.2 Å². The van der Waals surface area contributed by atoms with Gasteiger partial charge in [0.2, 0.25) is 5.28 Å². The Labute approximate surface area is 199 Å². The Kier molecular flexibility index (Phi) is 7.22. The summed E-state index contributed by atoms with van der Waals surface area (Å²) in [6.45, 7) is -1.32. The van der Waals surface area contributed by atoms with Gasteiger partial charge in [-0.15, -0.1) is 0 Å². The summed E-state index contributed by atoms with van der Waals surface area (Å²) in [6.07, 6.45) is -0.787. The highest BCUT2D eigenvalue weighted by molar-refractivity contribution is 7.98. The Morgan fingerprint density at radius 1 is 1.24 bits per heavy atom. The highest BCUT2D eigenvalue weighted by atomic mass is 35.5. The van der Waals surface area contributed by atoms with Crippen molar-refractivity contribution in [2.45, 2.75) is 61.3 Å². The quantitative estimate of drug-likeness (QED) is 0.181. The molecule has 0 amide bonds. The number of hydrogen-bond acceptors (Lipinski definition) is 11. The molecule has 6 N–H and O–H groups in total. The van der Waals surface area contributed by atoms with Crippen LogP contribution < -0.4 is 5.32 Å². The molecule has 0 spiro atoms. The zero-order valence-corrected chi connectivity index (χ0v) is 20.1. The Balaban J connectivity index is 1.61. The van der Waals surface area contributed by atoms with Gasteiger partial charge in [0.15, 0.2) is 26.7 Å². The molecular weight excluding hydrogens is 517 g/mol. The number of aliphatic hydroxyl groups excluding tert-OH is 3. The summed E-state index contributed by atoms with van der Waals surface area (Å²) in [5.41, 5.74) is 0.170. The van der Waals surface area contributed by atoms with Crippen molar-refractivity contribution in [2.24, 2.45) is 0 Å². The van der Waals surface area contributed by atoms with Crippen LogP contribution >= 0.6 is 19.2 Å². The van der Waals surface area contributed by atoms with Gasteiger partial charge in [-0.2, -0.15) is 15.1 Å². The number of aromatic nitrogens is 4. The predicted octanol–water partition coefficient (Wildman–Crippen LogP) is -0.636. The van der Waals surface area contributed by atoms with Crippen molar-refractivity contribution in [3.63, 3.8) is 0 Å². The molecule has 34 heavy (non-hydrogen) atoms. The molecule has 1 unspecified atom stereocenters. The molecule has 14 nitrogen and oxygen atoms in total. The monoisotopic (exact) mass is 541 g/mol. The molecule has 0 radical (unpaired) electrons. The van der Waals surface area contributed by atoms with E-state index in [9.17, 15) is 38.1 Å². The smallest absolute Gasteiger partial charge is 0.345 e. The zero-order valence-electron chi connectivity index (χ0n) is 17.7. The lowest BCUT2D eigenvalue weighted by Gasteiger charge is -2.20. The first-order chi connectivity index (χ1) is 15.9. The molecule has 1 aliphatic carbocycles. The number of nitrogens with zero attached hydrogens (tertiary/aromatic N) is 4. The maximum atomic E-state index is 12.5. The number of halogens is 1. The van der Waals surface area contributed by atoms with Crippen molar-refractivity contribution in [3.8, 4) is 0 Å². The highest BCUT2D eigenvalue weighted by Crippen LogP contribution is 2.45. The number of ether oxygens (including phenoxy) is 1. The van der Waals surface area contributed by atoms with Crippen LogP contribution in [0.2, 0.25) is 5.28 Å². The summed E-state index contributed by atoms with van der Waals surface area (Å²) < 4.78 is 43.1. The van der Waals surface area contributed by atoms with Crippen LogP contribution in [0.5, 0.6) is 0 Å². The molecule has 2 aromatic rings. The summed E-state index contributed by atoms with van der Waals surface area (Å²) in [7, 11) is -9.83. The van der Waals surface area contributed by atoms with Gasteiger partial charge in [-0.3, -0.25) is 4.57 Å². The third-order valence-electron chi connectivity index (χ3n) is 6.04. The third-order valence-corrected chi connectivity index (χ3v) is 10.7. The molecule has 2 fully saturated rings. The maximum Gasteiger partial charge on any atom is 0.345 e. The average Bonchev–Trinajstić information content (AvgIpc) is 3.44. The lowest BCUT2D eigenvalue weighted by Crippen LogP contribution is -2.39. The van der Waals surface area contributed by atoms with Crippen molar-refractivity contribution >= 4 is 45.9 Å². The van der Waals surface area contributed by atoms with Crippen LogP contribution in [0.1, 0.15) is 31.9 Å². The van der Waals surface area contributed by atoms with Crippen LogP contribution in [0.3, 0.4) is 0 Å². The van der Waals surface area contributed by atoms with Crippen LogP contribution in [0.25, 0.3) is 11.0 Å². The van der Waals surface area contributed by atoms with E-state index in [1.807, 2.05) is 0 Å². The van der Waals surface area contributed by atoms with Crippen molar-refractivity contribution < 1.29 is 42.8 Å². The Bertz CT molecular complexity index is 1200. The van der Waals surface area contributed by atoms with E-state index in [4.69, 9.17) is 16.3 Å². The second kappa shape index (κ2) is 9.56. The fourth-order valence-corrected chi connectivity index (χ4v) is 7.79. The molecule has 1 saturated carbocycles. The van der Waals surface area contributed by atoms with Gasteiger partial charge in [0.05, 0.1) is 23.9 Å². The molecule has 1 aliphatic heterocycles. The van der Waals surface area contributed by atoms with Crippen LogP contribution in [0, 0.1) is 0 Å². The van der Waals surface area contributed by atoms with Gasteiger partial charge in [0.25, 0.3) is 0 Å². The number of nitrogens with one attached hydrogen (secondary N) is 1. The van der Waals surface area contributed by atoms with Crippen molar-refractivity contribution in [2.75, 3.05) is 17.7 Å². The lowest BCUT2D eigenvalue weighted by molar-refractivity contribution is -0.0365. The summed E-state index contributed by atoms with van der Waals surface area (Å²) in [5, 5.41) is 38.0. The standard InChI is InChI=1S/C17H25ClN5O9PS/c18-17-21-14(20-8-3-1-2-4-8)9-5-19-23(15(9)22-17)16-13(26)12(25)10(32-16)7-34(30,31)11(6-24)33(27,28)29/h5,8,10-13,16,24-26H,1-4,6-7H2,(H,20,21,22)(H2,27,28,29)/t10-,11?,12-,13-,16-/m1/s1. The second-order valence-corrected chi connectivity index (χ2v) is 13.1. The van der Waals surface area contributed by atoms with Crippen molar-refractivity contribution in [1.29, 1.82) is 0 Å². The van der Waals surface area contributed by atoms with Crippen LogP contribution in [0.15, 0.2) is 6.20 Å². The molecule has 1 saturated heterocycles. The van der Waals surface area contributed by atoms with Crippen LogP contribution in [-0.2, 0) is 19.1 Å². The number of aliphatic hydroxyl groups is 3. The first kappa shape index (κ1) is 25.7. The average molecular weight is 542 g/mol. The molecule has 2 aliphatic rings. The summed E-state index contributed by atoms with van der Waals surface area (Å²) in [5.74, 6) is -0.616. The van der Waals surface area contributed by atoms with Gasteiger partial charge in [-0.05, 0) is 24.4 Å². The van der Waals surface area contributed by atoms with E-state index in [1.165, 1.54) is 6.20 Å². The van der Waals surface area contributed by atoms with E-state index < -0.39 is 59.3 Å². The second-order valence-electron chi connectivity index (χ2n) is 8.40. The molecule has 190 valence electrons. The number of hydrogen-bond donors (Lipinski definition) is 6. The van der Waals surface area contributed by atoms with E-state index in [-0.39, 0.29) is 17.0 Å². The van der Waals surface area contributed by atoms with Crippen molar-refractivity contribution in [3.05, 3.63) is 11.5 Å². The molecule has 2 aromatic heterocycles. The zero-order chi connectivity index (χ0) is 24.8. The number of fused-ring (bicyclic) bond motifs is 1. The summed E-state index contributed by atoms with van der Waals surface area (Å²) in [4.78, 5) is 24.5. The molecule has 17 heteroatoms. The number of rotatable bonds is 8. The SMILES string of the molecule is O=P(O)(O)C(CO)S(=O)(=O)C[C@H]1O[C@@H](n2ncc3c(NC4CCCC4)nc(Cl)nc32)[C@H](O)[C@@H]1O. The minimum Gasteiger partial charge on any atom is -0.394 e. The fourth-order valence-electron chi connectivity index (χ4n) is 4.30. The van der Waals surface area contributed by atoms with E-state index in [0.717, 1.165) is 30.4 Å². The predicted molar refractivity (Wildman–Crippen MR) is 119 cm³/mol. The Morgan fingerprint density at radius 2 is 1.91 bits per heavy atom. The van der Waals surface area contributed by atoms with Gasteiger partial charge in [-0.25, -0.2) is 13.1 Å². The number of sulfone groups is 1. The van der Waals surface area contributed by atoms with Gasteiger partial charge in [0.1, 0.15) is 24.1 Å². The van der Waals surface area contributed by atoms with E-state index in [2.05, 4.69) is 20.4 Å². The van der Waals surface area contributed by atoms with Crippen molar-refractivity contribution in [1.82, 2.24) is 19.7 Å². The van der Waals surface area contributed by atoms with Gasteiger partial charge in [0, 0.05) is 6.04 Å². The molecule has 0 aromatic carbocycles. The largest absolute Gasteiger partial charge is 0.394 e. The molecule has 5 atom stereocenters. The topological polar surface area (TPSA) is 217 Å². The molecule has 3 heterocycles. The minimum absolute atomic E-state index is 0.102. The molecule has 4 rings (SSSR count). The fraction of sp³-hybridized carbons (Fsp3) is 0.706. The van der Waals surface area contributed by atoms with Gasteiger partial charge in [-0.1, -0.05) is 12.8 Å². The summed E-state index contributed by atoms with van der Waals surface area (Å²) in [6, 6.07) is 0.204. The maximum absolute atomic E-state index is 12.5. The van der Waals surface area contributed by atoms with Gasteiger partial charge < -0.3 is 35.2 Å². The first-order valence-electron chi connectivity index (χ1n) is 10.5. The first-order valence-corrected chi connectivity index (χ1v) is 14.3. The minimum atomic E-state index is -5.20. The molecule has 0 bridgehead atoms. The third kappa shape index (κ3) is 4.94. The lowest BCUT2D eigenvalue weighted by atomic mass is 10.1. The Morgan fingerprint density at radius 3 is 2.53 bits per heavy atom.